The van der Waals surface area contributed by atoms with E-state index >= 15 is 0 Å². The number of thiophene rings is 2. The highest BCUT2D eigenvalue weighted by atomic mass is 32.1. The molecule has 0 N–H and O–H groups in total. The van der Waals surface area contributed by atoms with E-state index in [9.17, 15) is 0 Å². The lowest BCUT2D eigenvalue weighted by molar-refractivity contribution is 0.670. The van der Waals surface area contributed by atoms with Crippen LogP contribution in [0.25, 0.3) is 119 Å². The Balaban J connectivity index is 1.03. The molecule has 12 aromatic rings. The van der Waals surface area contributed by atoms with Crippen molar-refractivity contribution >= 4 is 85.0 Å². The highest BCUT2D eigenvalue weighted by Gasteiger charge is 2.20. The molecule has 0 saturated carbocycles. The maximum absolute atomic E-state index is 6.63. The zero-order chi connectivity index (χ0) is 37.5. The first-order valence-electron chi connectivity index (χ1n) is 18.9. The Bertz CT molecular complexity index is 3470. The molecule has 0 aliphatic heterocycles. The summed E-state index contributed by atoms with van der Waals surface area (Å²) in [5, 5.41) is 7.16. The van der Waals surface area contributed by atoms with Gasteiger partial charge in [-0.1, -0.05) is 133 Å². The molecule has 266 valence electrons. The number of hydrogen-bond acceptors (Lipinski definition) is 6. The molecule has 0 amide bonds. The summed E-state index contributed by atoms with van der Waals surface area (Å²) in [4.78, 5) is 15.1. The topological polar surface area (TPSA) is 51.8 Å². The van der Waals surface area contributed by atoms with E-state index in [0.717, 1.165) is 66.3 Å². The van der Waals surface area contributed by atoms with E-state index in [1.807, 2.05) is 78.1 Å². The van der Waals surface area contributed by atoms with Gasteiger partial charge < -0.3 is 4.42 Å². The highest BCUT2D eigenvalue weighted by Crippen LogP contribution is 2.45. The summed E-state index contributed by atoms with van der Waals surface area (Å²) < 4.78 is 11.6. The minimum Gasteiger partial charge on any atom is -0.455 e. The third-order valence-electron chi connectivity index (χ3n) is 10.9. The summed E-state index contributed by atoms with van der Waals surface area (Å²) >= 11 is 3.65. The molecule has 0 atom stereocenters. The standard InChI is InChI=1S/C51H29N3OS2/c1-3-12-30(13-4-1)49-52-50(31-14-5-2-6-15-31)54-51(53-49)39-18-11-21-44-47(39)38-25-22-32(28-46(38)57-44)34-26-40(48-41(27-34)35-16-7-9-19-42(35)55-48)33-23-24-37-36-17-8-10-20-43(36)56-45(37)29-33/h1-29H. The Morgan fingerprint density at radius 2 is 0.930 bits per heavy atom. The summed E-state index contributed by atoms with van der Waals surface area (Å²) in [6.45, 7) is 0. The van der Waals surface area contributed by atoms with Crippen LogP contribution in [0.15, 0.2) is 180 Å². The van der Waals surface area contributed by atoms with Crippen molar-refractivity contribution in [3.8, 4) is 56.4 Å². The van der Waals surface area contributed by atoms with E-state index in [-0.39, 0.29) is 0 Å². The molecule has 0 aliphatic rings. The summed E-state index contributed by atoms with van der Waals surface area (Å²) in [6.07, 6.45) is 0. The van der Waals surface area contributed by atoms with Gasteiger partial charge in [0.05, 0.1) is 0 Å². The van der Waals surface area contributed by atoms with Gasteiger partial charge in [-0.25, -0.2) is 15.0 Å². The van der Waals surface area contributed by atoms with E-state index in [4.69, 9.17) is 19.4 Å². The van der Waals surface area contributed by atoms with Crippen molar-refractivity contribution in [1.82, 2.24) is 15.0 Å². The van der Waals surface area contributed by atoms with E-state index in [1.54, 1.807) is 11.3 Å². The van der Waals surface area contributed by atoms with Crippen LogP contribution in [0.5, 0.6) is 0 Å². The lowest BCUT2D eigenvalue weighted by atomic mass is 9.94. The van der Waals surface area contributed by atoms with Crippen LogP contribution in [-0.2, 0) is 0 Å². The summed E-state index contributed by atoms with van der Waals surface area (Å²) in [5.74, 6) is 1.97. The molecule has 8 aromatic carbocycles. The van der Waals surface area contributed by atoms with Gasteiger partial charge >= 0.3 is 0 Å². The van der Waals surface area contributed by atoms with Crippen LogP contribution in [-0.4, -0.2) is 15.0 Å². The Labute approximate surface area is 335 Å². The molecule has 12 rings (SSSR count). The number of aromatic nitrogens is 3. The van der Waals surface area contributed by atoms with Crippen LogP contribution in [0.1, 0.15) is 0 Å². The van der Waals surface area contributed by atoms with E-state index in [2.05, 4.69) is 109 Å². The lowest BCUT2D eigenvalue weighted by Crippen LogP contribution is -2.00. The van der Waals surface area contributed by atoms with Crippen LogP contribution >= 0.6 is 22.7 Å². The summed E-state index contributed by atoms with van der Waals surface area (Å²) in [6, 6.07) is 62.1. The normalized spacial score (nSPS) is 11.9. The first kappa shape index (κ1) is 32.3. The predicted octanol–water partition coefficient (Wildman–Crippen LogP) is 14.8. The third-order valence-corrected chi connectivity index (χ3v) is 13.2. The highest BCUT2D eigenvalue weighted by molar-refractivity contribution is 7.26. The van der Waals surface area contributed by atoms with Crippen molar-refractivity contribution in [3.63, 3.8) is 0 Å². The number of nitrogens with zero attached hydrogens (tertiary/aromatic N) is 3. The second kappa shape index (κ2) is 12.8. The molecule has 4 heterocycles. The quantitative estimate of drug-likeness (QED) is 0.175. The second-order valence-corrected chi connectivity index (χ2v) is 16.5. The average Bonchev–Trinajstić information content (AvgIpc) is 3.97. The number of benzene rings is 8. The summed E-state index contributed by atoms with van der Waals surface area (Å²) in [7, 11) is 0. The Hall–Kier alpha value is -6.99. The van der Waals surface area contributed by atoms with E-state index < -0.39 is 0 Å². The Morgan fingerprint density at radius 1 is 0.333 bits per heavy atom. The molecular formula is C51H29N3OS2. The van der Waals surface area contributed by atoms with E-state index in [1.165, 1.54) is 35.0 Å². The van der Waals surface area contributed by atoms with Crippen LogP contribution in [0.3, 0.4) is 0 Å². The zero-order valence-corrected chi connectivity index (χ0v) is 31.9. The van der Waals surface area contributed by atoms with Gasteiger partial charge in [-0.05, 0) is 59.2 Å². The van der Waals surface area contributed by atoms with Crippen molar-refractivity contribution < 1.29 is 4.42 Å². The molecule has 0 saturated heterocycles. The number of rotatable bonds is 5. The van der Waals surface area contributed by atoms with Gasteiger partial charge in [0.2, 0.25) is 0 Å². The van der Waals surface area contributed by atoms with Gasteiger partial charge in [0, 0.05) is 73.4 Å². The second-order valence-electron chi connectivity index (χ2n) is 14.3. The molecular weight excluding hydrogens is 735 g/mol. The molecule has 0 bridgehead atoms. The molecule has 0 fully saturated rings. The Morgan fingerprint density at radius 3 is 1.74 bits per heavy atom. The van der Waals surface area contributed by atoms with Gasteiger partial charge in [0.25, 0.3) is 0 Å². The van der Waals surface area contributed by atoms with Crippen molar-refractivity contribution in [3.05, 3.63) is 176 Å². The molecule has 57 heavy (non-hydrogen) atoms. The van der Waals surface area contributed by atoms with Gasteiger partial charge in [-0.3, -0.25) is 0 Å². The fourth-order valence-electron chi connectivity index (χ4n) is 8.22. The van der Waals surface area contributed by atoms with Gasteiger partial charge in [-0.15, -0.1) is 22.7 Å². The fraction of sp³-hybridized carbons (Fsp3) is 0. The van der Waals surface area contributed by atoms with E-state index in [0.29, 0.717) is 17.5 Å². The number of furan rings is 1. The maximum atomic E-state index is 6.63. The minimum absolute atomic E-state index is 0.655. The predicted molar refractivity (Wildman–Crippen MR) is 240 cm³/mol. The van der Waals surface area contributed by atoms with Crippen LogP contribution in [0.2, 0.25) is 0 Å². The smallest absolute Gasteiger partial charge is 0.164 e. The maximum Gasteiger partial charge on any atom is 0.164 e. The molecule has 0 spiro atoms. The van der Waals surface area contributed by atoms with Gasteiger partial charge in [-0.2, -0.15) is 0 Å². The first-order chi connectivity index (χ1) is 28.2. The number of fused-ring (bicyclic) bond motifs is 9. The molecule has 4 nitrogen and oxygen atoms in total. The largest absolute Gasteiger partial charge is 0.455 e. The van der Waals surface area contributed by atoms with Crippen LogP contribution < -0.4 is 0 Å². The SMILES string of the molecule is c1ccc(-c2nc(-c3ccccc3)nc(-c3cccc4sc5cc(-c6cc(-c7ccc8c(c7)sc7ccccc78)c7oc8ccccc8c7c6)ccc5c34)n2)cc1. The number of hydrogen-bond donors (Lipinski definition) is 0. The van der Waals surface area contributed by atoms with Crippen molar-refractivity contribution in [2.75, 3.05) is 0 Å². The van der Waals surface area contributed by atoms with Crippen molar-refractivity contribution in [1.29, 1.82) is 0 Å². The summed E-state index contributed by atoms with van der Waals surface area (Å²) in [5.41, 5.74) is 9.26. The number of para-hydroxylation sites is 1. The third kappa shape index (κ3) is 5.30. The van der Waals surface area contributed by atoms with Gasteiger partial charge in [0.1, 0.15) is 11.2 Å². The van der Waals surface area contributed by atoms with Gasteiger partial charge in [0.15, 0.2) is 17.5 Å². The molecule has 0 radical (unpaired) electrons. The fourth-order valence-corrected chi connectivity index (χ4v) is 10.5. The monoisotopic (exact) mass is 763 g/mol. The molecule has 0 unspecified atom stereocenters. The van der Waals surface area contributed by atoms with Crippen LogP contribution in [0.4, 0.5) is 0 Å². The molecule has 4 aromatic heterocycles. The molecule has 6 heteroatoms. The minimum atomic E-state index is 0.655. The van der Waals surface area contributed by atoms with Crippen molar-refractivity contribution in [2.24, 2.45) is 0 Å². The Kier molecular flexibility index (Phi) is 7.24. The van der Waals surface area contributed by atoms with Crippen LogP contribution in [0, 0.1) is 0 Å². The zero-order valence-electron chi connectivity index (χ0n) is 30.3. The lowest BCUT2D eigenvalue weighted by Gasteiger charge is -2.10. The molecule has 0 aliphatic carbocycles. The first-order valence-corrected chi connectivity index (χ1v) is 20.6. The average molecular weight is 764 g/mol. The van der Waals surface area contributed by atoms with Crippen molar-refractivity contribution in [2.45, 2.75) is 0 Å².